The third-order valence-electron chi connectivity index (χ3n) is 3.51. The molecule has 1 aliphatic heterocycles. The minimum atomic E-state index is -0.0546. The van der Waals surface area contributed by atoms with Crippen molar-refractivity contribution in [2.45, 2.75) is 19.4 Å². The maximum Gasteiger partial charge on any atom is 0.231 e. The van der Waals surface area contributed by atoms with Gasteiger partial charge in [-0.05, 0) is 48.7 Å². The first-order valence-electron chi connectivity index (χ1n) is 7.13. The van der Waals surface area contributed by atoms with E-state index in [4.69, 9.17) is 19.9 Å². The van der Waals surface area contributed by atoms with Crippen LogP contribution in [0.4, 0.5) is 0 Å². The molecule has 2 aromatic rings. The molecular weight excluding hydrogens is 266 g/mol. The summed E-state index contributed by atoms with van der Waals surface area (Å²) in [7, 11) is 0. The molecule has 1 heterocycles. The van der Waals surface area contributed by atoms with Crippen LogP contribution < -0.4 is 19.9 Å². The van der Waals surface area contributed by atoms with Gasteiger partial charge in [-0.2, -0.15) is 0 Å². The molecule has 0 spiro atoms. The Morgan fingerprint density at radius 2 is 1.86 bits per heavy atom. The predicted octanol–water partition coefficient (Wildman–Crippen LogP) is 3.06. The van der Waals surface area contributed by atoms with Crippen molar-refractivity contribution < 1.29 is 14.2 Å². The number of nitrogens with two attached hydrogens (primary N) is 1. The lowest BCUT2D eigenvalue weighted by Crippen LogP contribution is -2.13. The van der Waals surface area contributed by atoms with Crippen LogP contribution in [0.15, 0.2) is 42.5 Å². The molecule has 2 N–H and O–H groups in total. The van der Waals surface area contributed by atoms with E-state index in [2.05, 4.69) is 0 Å². The summed E-state index contributed by atoms with van der Waals surface area (Å²) < 4.78 is 16.1. The maximum absolute atomic E-state index is 6.28. The topological polar surface area (TPSA) is 53.7 Å². The summed E-state index contributed by atoms with van der Waals surface area (Å²) in [5, 5.41) is 0. The average Bonchev–Trinajstić information content (AvgIpc) is 2.96. The van der Waals surface area contributed by atoms with E-state index in [1.165, 1.54) is 0 Å². The highest BCUT2D eigenvalue weighted by atomic mass is 16.7. The minimum Gasteiger partial charge on any atom is -0.494 e. The summed E-state index contributed by atoms with van der Waals surface area (Å²) in [6.45, 7) is 2.94. The highest BCUT2D eigenvalue weighted by Crippen LogP contribution is 2.33. The molecule has 4 nitrogen and oxygen atoms in total. The lowest BCUT2D eigenvalue weighted by Gasteiger charge is -2.13. The van der Waals surface area contributed by atoms with Crippen LogP contribution in [0.1, 0.15) is 24.1 Å². The van der Waals surface area contributed by atoms with E-state index in [-0.39, 0.29) is 6.04 Å². The molecular formula is C17H19NO3. The normalized spacial score (nSPS) is 14.0. The van der Waals surface area contributed by atoms with Gasteiger partial charge in [0, 0.05) is 6.04 Å². The summed E-state index contributed by atoms with van der Waals surface area (Å²) in [5.74, 6) is 2.47. The molecule has 4 heteroatoms. The van der Waals surface area contributed by atoms with Crippen LogP contribution in [0.2, 0.25) is 0 Å². The SMILES string of the molecule is CCOc1ccc(C(N)Cc2ccc3c(c2)OCO3)cc1. The fourth-order valence-electron chi connectivity index (χ4n) is 2.42. The zero-order chi connectivity index (χ0) is 14.7. The van der Waals surface area contributed by atoms with Crippen molar-refractivity contribution in [1.29, 1.82) is 0 Å². The van der Waals surface area contributed by atoms with Crippen LogP contribution in [0, 0.1) is 0 Å². The van der Waals surface area contributed by atoms with E-state index < -0.39 is 0 Å². The predicted molar refractivity (Wildman–Crippen MR) is 80.8 cm³/mol. The highest BCUT2D eigenvalue weighted by Gasteiger charge is 2.15. The van der Waals surface area contributed by atoms with Gasteiger partial charge in [0.2, 0.25) is 6.79 Å². The number of hydrogen-bond donors (Lipinski definition) is 1. The Hall–Kier alpha value is -2.20. The Morgan fingerprint density at radius 3 is 2.62 bits per heavy atom. The maximum atomic E-state index is 6.28. The Labute approximate surface area is 124 Å². The third-order valence-corrected chi connectivity index (χ3v) is 3.51. The monoisotopic (exact) mass is 285 g/mol. The van der Waals surface area contributed by atoms with E-state index in [0.29, 0.717) is 13.4 Å². The van der Waals surface area contributed by atoms with Crippen LogP contribution in [0.5, 0.6) is 17.2 Å². The molecule has 0 saturated carbocycles. The smallest absolute Gasteiger partial charge is 0.231 e. The Bertz CT molecular complexity index is 610. The number of benzene rings is 2. The molecule has 0 aliphatic carbocycles. The van der Waals surface area contributed by atoms with Crippen molar-refractivity contribution >= 4 is 0 Å². The zero-order valence-corrected chi connectivity index (χ0v) is 12.0. The van der Waals surface area contributed by atoms with Crippen LogP contribution in [0.25, 0.3) is 0 Å². The van der Waals surface area contributed by atoms with Crippen molar-refractivity contribution in [3.63, 3.8) is 0 Å². The molecule has 0 aromatic heterocycles. The van der Waals surface area contributed by atoms with Crippen molar-refractivity contribution in [1.82, 2.24) is 0 Å². The Morgan fingerprint density at radius 1 is 1.10 bits per heavy atom. The third kappa shape index (κ3) is 3.11. The van der Waals surface area contributed by atoms with Gasteiger partial charge >= 0.3 is 0 Å². The molecule has 0 radical (unpaired) electrons. The van der Waals surface area contributed by atoms with Crippen molar-refractivity contribution in [2.75, 3.05) is 13.4 Å². The van der Waals surface area contributed by atoms with Gasteiger partial charge in [-0.3, -0.25) is 0 Å². The average molecular weight is 285 g/mol. The van der Waals surface area contributed by atoms with Gasteiger partial charge in [0.1, 0.15) is 5.75 Å². The van der Waals surface area contributed by atoms with E-state index >= 15 is 0 Å². The standard InChI is InChI=1S/C17H19NO3/c1-2-19-14-6-4-13(5-7-14)15(18)9-12-3-8-16-17(10-12)21-11-20-16/h3-8,10,15H,2,9,11,18H2,1H3. The van der Waals surface area contributed by atoms with Gasteiger partial charge < -0.3 is 19.9 Å². The quantitative estimate of drug-likeness (QED) is 0.917. The molecule has 3 rings (SSSR count). The lowest BCUT2D eigenvalue weighted by atomic mass is 9.99. The van der Waals surface area contributed by atoms with E-state index in [0.717, 1.165) is 34.8 Å². The van der Waals surface area contributed by atoms with Crippen LogP contribution in [-0.2, 0) is 6.42 Å². The molecule has 0 amide bonds. The van der Waals surface area contributed by atoms with Crippen molar-refractivity contribution in [3.05, 3.63) is 53.6 Å². The summed E-state index contributed by atoms with van der Waals surface area (Å²) >= 11 is 0. The summed E-state index contributed by atoms with van der Waals surface area (Å²) in [6, 6.07) is 13.9. The first-order chi connectivity index (χ1) is 10.3. The molecule has 21 heavy (non-hydrogen) atoms. The molecule has 0 fully saturated rings. The molecule has 1 unspecified atom stereocenters. The zero-order valence-electron chi connectivity index (χ0n) is 12.0. The second kappa shape index (κ2) is 6.06. The second-order valence-electron chi connectivity index (χ2n) is 5.00. The number of hydrogen-bond acceptors (Lipinski definition) is 4. The molecule has 2 aromatic carbocycles. The summed E-state index contributed by atoms with van der Waals surface area (Å²) in [6.07, 6.45) is 0.755. The van der Waals surface area contributed by atoms with Gasteiger partial charge in [0.25, 0.3) is 0 Å². The van der Waals surface area contributed by atoms with Crippen molar-refractivity contribution in [2.24, 2.45) is 5.73 Å². The van der Waals surface area contributed by atoms with E-state index in [1.807, 2.05) is 49.4 Å². The summed E-state index contributed by atoms with van der Waals surface area (Å²) in [5.41, 5.74) is 8.52. The van der Waals surface area contributed by atoms with E-state index in [9.17, 15) is 0 Å². The second-order valence-corrected chi connectivity index (χ2v) is 5.00. The van der Waals surface area contributed by atoms with Gasteiger partial charge in [0.15, 0.2) is 11.5 Å². The van der Waals surface area contributed by atoms with Gasteiger partial charge in [-0.25, -0.2) is 0 Å². The van der Waals surface area contributed by atoms with E-state index in [1.54, 1.807) is 0 Å². The number of ether oxygens (including phenoxy) is 3. The molecule has 110 valence electrons. The Kier molecular flexibility index (Phi) is 3.97. The van der Waals surface area contributed by atoms with Crippen molar-refractivity contribution in [3.8, 4) is 17.2 Å². The molecule has 0 bridgehead atoms. The minimum absolute atomic E-state index is 0.0546. The summed E-state index contributed by atoms with van der Waals surface area (Å²) in [4.78, 5) is 0. The Balaban J connectivity index is 1.69. The fraction of sp³-hybridized carbons (Fsp3) is 0.294. The van der Waals surface area contributed by atoms with Gasteiger partial charge in [-0.1, -0.05) is 18.2 Å². The molecule has 1 aliphatic rings. The first kappa shape index (κ1) is 13.8. The van der Waals surface area contributed by atoms with Crippen LogP contribution in [-0.4, -0.2) is 13.4 Å². The number of rotatable bonds is 5. The highest BCUT2D eigenvalue weighted by molar-refractivity contribution is 5.45. The first-order valence-corrected chi connectivity index (χ1v) is 7.13. The lowest BCUT2D eigenvalue weighted by molar-refractivity contribution is 0.174. The van der Waals surface area contributed by atoms with Gasteiger partial charge in [-0.15, -0.1) is 0 Å². The molecule has 1 atom stereocenters. The van der Waals surface area contributed by atoms with Crippen LogP contribution in [0.3, 0.4) is 0 Å². The van der Waals surface area contributed by atoms with Gasteiger partial charge in [0.05, 0.1) is 6.61 Å². The largest absolute Gasteiger partial charge is 0.494 e. The fourth-order valence-corrected chi connectivity index (χ4v) is 2.42. The molecule has 0 saturated heterocycles. The number of fused-ring (bicyclic) bond motifs is 1. The van der Waals surface area contributed by atoms with Crippen LogP contribution >= 0.6 is 0 Å².